The molecule has 1 aliphatic rings. The summed E-state index contributed by atoms with van der Waals surface area (Å²) in [4.78, 5) is 4.30. The largest absolute Gasteiger partial charge is 0.481 e. The van der Waals surface area contributed by atoms with Gasteiger partial charge in [-0.15, -0.1) is 0 Å². The Morgan fingerprint density at radius 1 is 1.61 bits per heavy atom. The van der Waals surface area contributed by atoms with Gasteiger partial charge in [-0.3, -0.25) is 0 Å². The van der Waals surface area contributed by atoms with Crippen molar-refractivity contribution in [2.24, 2.45) is 0 Å². The van der Waals surface area contributed by atoms with Gasteiger partial charge in [0.05, 0.1) is 18.9 Å². The zero-order chi connectivity index (χ0) is 13.0. The Morgan fingerprint density at radius 3 is 3.11 bits per heavy atom. The average Bonchev–Trinajstić information content (AvgIpc) is 2.70. The first-order valence-electron chi connectivity index (χ1n) is 6.19. The van der Waals surface area contributed by atoms with Crippen LogP contribution in [0.25, 0.3) is 0 Å². The smallest absolute Gasteiger partial charge is 0.213 e. The summed E-state index contributed by atoms with van der Waals surface area (Å²) in [7, 11) is 1.60. The highest BCUT2D eigenvalue weighted by Crippen LogP contribution is 2.24. The molecule has 0 spiro atoms. The van der Waals surface area contributed by atoms with Gasteiger partial charge < -0.3 is 19.9 Å². The summed E-state index contributed by atoms with van der Waals surface area (Å²) in [6, 6.07) is 5.64. The van der Waals surface area contributed by atoms with Gasteiger partial charge in [0.2, 0.25) is 5.88 Å². The number of nitrogens with zero attached hydrogens (tertiary/aromatic N) is 1. The standard InChI is InChI=1S/C13H20N2O3/c1-10-13(16,6-7-18-10)9-14-8-11-4-3-5-12(15-11)17-2/h3-5,10,14,16H,6-9H2,1-2H3. The lowest BCUT2D eigenvalue weighted by Crippen LogP contribution is -2.45. The Morgan fingerprint density at radius 2 is 2.44 bits per heavy atom. The topological polar surface area (TPSA) is 63.6 Å². The molecule has 1 saturated heterocycles. The summed E-state index contributed by atoms with van der Waals surface area (Å²) in [6.07, 6.45) is 0.551. The maximum Gasteiger partial charge on any atom is 0.213 e. The van der Waals surface area contributed by atoms with Gasteiger partial charge in [0.15, 0.2) is 0 Å². The third-order valence-electron chi connectivity index (χ3n) is 3.39. The number of pyridine rings is 1. The number of hydrogen-bond acceptors (Lipinski definition) is 5. The van der Waals surface area contributed by atoms with Gasteiger partial charge in [0, 0.05) is 32.2 Å². The van der Waals surface area contributed by atoms with Crippen molar-refractivity contribution < 1.29 is 14.6 Å². The lowest BCUT2D eigenvalue weighted by Gasteiger charge is -2.26. The molecule has 1 aromatic rings. The summed E-state index contributed by atoms with van der Waals surface area (Å²) >= 11 is 0. The van der Waals surface area contributed by atoms with Crippen LogP contribution in [0.4, 0.5) is 0 Å². The van der Waals surface area contributed by atoms with Gasteiger partial charge in [-0.25, -0.2) is 4.98 Å². The lowest BCUT2D eigenvalue weighted by atomic mass is 9.97. The molecule has 1 aromatic heterocycles. The number of ether oxygens (including phenoxy) is 2. The van der Waals surface area contributed by atoms with E-state index in [2.05, 4.69) is 10.3 Å². The van der Waals surface area contributed by atoms with E-state index in [0.29, 0.717) is 32.0 Å². The van der Waals surface area contributed by atoms with Crippen molar-refractivity contribution in [1.82, 2.24) is 10.3 Å². The maximum absolute atomic E-state index is 10.3. The first-order chi connectivity index (χ1) is 8.64. The van der Waals surface area contributed by atoms with E-state index < -0.39 is 5.60 Å². The second-order valence-corrected chi connectivity index (χ2v) is 4.64. The summed E-state index contributed by atoms with van der Waals surface area (Å²) in [5.41, 5.74) is 0.128. The van der Waals surface area contributed by atoms with E-state index in [1.807, 2.05) is 25.1 Å². The maximum atomic E-state index is 10.3. The van der Waals surface area contributed by atoms with Crippen molar-refractivity contribution in [2.45, 2.75) is 31.6 Å². The minimum absolute atomic E-state index is 0.122. The molecule has 0 bridgehead atoms. The van der Waals surface area contributed by atoms with Crippen LogP contribution < -0.4 is 10.1 Å². The van der Waals surface area contributed by atoms with Crippen molar-refractivity contribution in [3.63, 3.8) is 0 Å². The fraction of sp³-hybridized carbons (Fsp3) is 0.615. The highest BCUT2D eigenvalue weighted by molar-refractivity contribution is 5.15. The van der Waals surface area contributed by atoms with Crippen LogP contribution in [0.1, 0.15) is 19.0 Å². The minimum atomic E-state index is -0.765. The molecule has 5 nitrogen and oxygen atoms in total. The number of aromatic nitrogens is 1. The van der Waals surface area contributed by atoms with Crippen LogP contribution in [0.3, 0.4) is 0 Å². The molecule has 2 N–H and O–H groups in total. The quantitative estimate of drug-likeness (QED) is 0.808. The van der Waals surface area contributed by atoms with E-state index in [4.69, 9.17) is 9.47 Å². The highest BCUT2D eigenvalue weighted by atomic mass is 16.5. The molecule has 2 atom stereocenters. The zero-order valence-corrected chi connectivity index (χ0v) is 10.8. The molecule has 18 heavy (non-hydrogen) atoms. The normalized spacial score (nSPS) is 27.4. The van der Waals surface area contributed by atoms with Crippen LogP contribution in [0.5, 0.6) is 5.88 Å². The molecular weight excluding hydrogens is 232 g/mol. The Kier molecular flexibility index (Phi) is 4.16. The first-order valence-corrected chi connectivity index (χ1v) is 6.19. The van der Waals surface area contributed by atoms with E-state index in [-0.39, 0.29) is 6.10 Å². The second kappa shape index (κ2) is 5.65. The molecule has 0 aliphatic carbocycles. The van der Waals surface area contributed by atoms with Crippen molar-refractivity contribution in [3.05, 3.63) is 23.9 Å². The van der Waals surface area contributed by atoms with Crippen LogP contribution in [-0.4, -0.2) is 42.1 Å². The first kappa shape index (κ1) is 13.3. The number of rotatable bonds is 5. The molecular formula is C13H20N2O3. The molecule has 2 rings (SSSR count). The number of methoxy groups -OCH3 is 1. The van der Waals surface area contributed by atoms with Crippen molar-refractivity contribution in [1.29, 1.82) is 0 Å². The summed E-state index contributed by atoms with van der Waals surface area (Å²) in [6.45, 7) is 3.63. The number of aliphatic hydroxyl groups is 1. The predicted molar refractivity (Wildman–Crippen MR) is 67.5 cm³/mol. The van der Waals surface area contributed by atoms with Gasteiger partial charge in [0.1, 0.15) is 5.60 Å². The molecule has 0 amide bonds. The molecule has 5 heteroatoms. The van der Waals surface area contributed by atoms with Gasteiger partial charge >= 0.3 is 0 Å². The third kappa shape index (κ3) is 2.98. The molecule has 0 radical (unpaired) electrons. The van der Waals surface area contributed by atoms with Crippen molar-refractivity contribution in [2.75, 3.05) is 20.3 Å². The zero-order valence-electron chi connectivity index (χ0n) is 10.8. The average molecular weight is 252 g/mol. The number of hydrogen-bond donors (Lipinski definition) is 2. The Hall–Kier alpha value is -1.17. The van der Waals surface area contributed by atoms with E-state index >= 15 is 0 Å². The number of nitrogens with one attached hydrogen (secondary N) is 1. The van der Waals surface area contributed by atoms with Crippen LogP contribution in [0, 0.1) is 0 Å². The molecule has 1 aliphatic heterocycles. The predicted octanol–water partition coefficient (Wildman–Crippen LogP) is 0.720. The fourth-order valence-corrected chi connectivity index (χ4v) is 2.08. The molecule has 1 fully saturated rings. The van der Waals surface area contributed by atoms with Gasteiger partial charge in [-0.1, -0.05) is 6.07 Å². The van der Waals surface area contributed by atoms with E-state index in [9.17, 15) is 5.11 Å². The van der Waals surface area contributed by atoms with Gasteiger partial charge in [0.25, 0.3) is 0 Å². The summed E-state index contributed by atoms with van der Waals surface area (Å²) < 4.78 is 10.4. The summed E-state index contributed by atoms with van der Waals surface area (Å²) in [5.74, 6) is 0.602. The van der Waals surface area contributed by atoms with E-state index in [1.165, 1.54) is 0 Å². The van der Waals surface area contributed by atoms with Crippen molar-refractivity contribution in [3.8, 4) is 5.88 Å². The Labute approximate surface area is 107 Å². The molecule has 100 valence electrons. The van der Waals surface area contributed by atoms with Gasteiger partial charge in [-0.05, 0) is 13.0 Å². The van der Waals surface area contributed by atoms with Crippen LogP contribution >= 0.6 is 0 Å². The van der Waals surface area contributed by atoms with Gasteiger partial charge in [-0.2, -0.15) is 0 Å². The van der Waals surface area contributed by atoms with E-state index in [0.717, 1.165) is 5.69 Å². The molecule has 2 heterocycles. The molecule has 0 saturated carbocycles. The van der Waals surface area contributed by atoms with E-state index in [1.54, 1.807) is 7.11 Å². The third-order valence-corrected chi connectivity index (χ3v) is 3.39. The molecule has 2 unspecified atom stereocenters. The van der Waals surface area contributed by atoms with Crippen LogP contribution in [0.2, 0.25) is 0 Å². The second-order valence-electron chi connectivity index (χ2n) is 4.64. The summed E-state index contributed by atoms with van der Waals surface area (Å²) in [5, 5.41) is 13.5. The lowest BCUT2D eigenvalue weighted by molar-refractivity contribution is -0.0263. The van der Waals surface area contributed by atoms with Crippen LogP contribution in [-0.2, 0) is 11.3 Å². The molecule has 0 aromatic carbocycles. The fourth-order valence-electron chi connectivity index (χ4n) is 2.08. The Balaban J connectivity index is 1.84. The monoisotopic (exact) mass is 252 g/mol. The van der Waals surface area contributed by atoms with Crippen molar-refractivity contribution >= 4 is 0 Å². The SMILES string of the molecule is COc1cccc(CNCC2(O)CCOC2C)n1. The highest BCUT2D eigenvalue weighted by Gasteiger charge is 2.38. The Bertz CT molecular complexity index is 400. The minimum Gasteiger partial charge on any atom is -0.481 e. The van der Waals surface area contributed by atoms with Crippen LogP contribution in [0.15, 0.2) is 18.2 Å².